The molecule has 1 heterocycles. The largest absolute Gasteiger partial charge is 0.324 e. The maximum Gasteiger partial charge on any atom is 0.0564 e. The molecule has 0 saturated heterocycles. The van der Waals surface area contributed by atoms with E-state index >= 15 is 0 Å². The fourth-order valence-electron chi connectivity index (χ4n) is 1.89. The van der Waals surface area contributed by atoms with Crippen LogP contribution in [0.5, 0.6) is 0 Å². The highest BCUT2D eigenvalue weighted by atomic mass is 79.9. The van der Waals surface area contributed by atoms with E-state index in [1.165, 1.54) is 5.56 Å². The molecule has 1 aromatic carbocycles. The third-order valence-electron chi connectivity index (χ3n) is 2.78. The van der Waals surface area contributed by atoms with Gasteiger partial charge in [0.25, 0.3) is 0 Å². The number of aromatic nitrogens is 1. The molecule has 5 heteroatoms. The monoisotopic (exact) mass is 320 g/mol. The van der Waals surface area contributed by atoms with Crippen molar-refractivity contribution in [2.45, 2.75) is 13.1 Å². The molecule has 0 bridgehead atoms. The predicted octanol–water partition coefficient (Wildman–Crippen LogP) is 2.76. The Labute approximate surface area is 121 Å². The van der Waals surface area contributed by atoms with Gasteiger partial charge in [-0.2, -0.15) is 0 Å². The average molecular weight is 321 g/mol. The first kappa shape index (κ1) is 14.0. The van der Waals surface area contributed by atoms with Crippen LogP contribution in [0.2, 0.25) is 0 Å². The number of rotatable bonds is 5. The number of nitrogens with one attached hydrogen (secondary N) is 1. The number of nitrogens with two attached hydrogens (primary N) is 1. The number of benzene rings is 1. The molecule has 0 saturated carbocycles. The lowest BCUT2D eigenvalue weighted by Crippen LogP contribution is -2.18. The minimum atomic E-state index is 0.783. The van der Waals surface area contributed by atoms with Crippen molar-refractivity contribution < 1.29 is 0 Å². The summed E-state index contributed by atoms with van der Waals surface area (Å²) in [7, 11) is 2.08. The van der Waals surface area contributed by atoms with E-state index in [4.69, 9.17) is 5.84 Å². The Morgan fingerprint density at radius 3 is 2.63 bits per heavy atom. The molecule has 0 aliphatic carbocycles. The zero-order valence-electron chi connectivity index (χ0n) is 10.8. The van der Waals surface area contributed by atoms with E-state index in [9.17, 15) is 0 Å². The molecule has 1 aromatic heterocycles. The van der Waals surface area contributed by atoms with Gasteiger partial charge in [0.2, 0.25) is 0 Å². The van der Waals surface area contributed by atoms with Crippen LogP contribution in [0, 0.1) is 0 Å². The van der Waals surface area contributed by atoms with Gasteiger partial charge in [0.15, 0.2) is 0 Å². The molecule has 2 rings (SSSR count). The molecule has 0 radical (unpaired) electrons. The Morgan fingerprint density at radius 2 is 1.95 bits per heavy atom. The fourth-order valence-corrected chi connectivity index (χ4v) is 2.15. The second-order valence-corrected chi connectivity index (χ2v) is 5.39. The normalized spacial score (nSPS) is 10.7. The van der Waals surface area contributed by atoms with Crippen molar-refractivity contribution in [2.75, 3.05) is 12.5 Å². The van der Waals surface area contributed by atoms with Crippen molar-refractivity contribution in [2.24, 2.45) is 5.84 Å². The second-order valence-electron chi connectivity index (χ2n) is 4.48. The molecular formula is C14H17BrN4. The van der Waals surface area contributed by atoms with E-state index in [2.05, 4.69) is 62.6 Å². The van der Waals surface area contributed by atoms with Crippen LogP contribution >= 0.6 is 15.9 Å². The van der Waals surface area contributed by atoms with Crippen LogP contribution in [0.3, 0.4) is 0 Å². The standard InChI is InChI=1S/C14H17BrN4/c1-19(9-11-2-4-12(15)5-3-11)10-14-8-13(18-16)6-7-17-14/h2-8H,9-10,16H2,1H3,(H,17,18). The van der Waals surface area contributed by atoms with Crippen LogP contribution in [0.1, 0.15) is 11.3 Å². The van der Waals surface area contributed by atoms with Gasteiger partial charge in [-0.15, -0.1) is 0 Å². The quantitative estimate of drug-likeness (QED) is 0.657. The van der Waals surface area contributed by atoms with Gasteiger partial charge in [0.1, 0.15) is 0 Å². The molecule has 100 valence electrons. The number of hydrogen-bond acceptors (Lipinski definition) is 4. The van der Waals surface area contributed by atoms with E-state index in [1.807, 2.05) is 12.1 Å². The Morgan fingerprint density at radius 1 is 1.21 bits per heavy atom. The molecule has 0 unspecified atom stereocenters. The SMILES string of the molecule is CN(Cc1ccc(Br)cc1)Cc1cc(NN)ccn1. The second kappa shape index (κ2) is 6.65. The Bertz CT molecular complexity index is 527. The van der Waals surface area contributed by atoms with Gasteiger partial charge in [-0.25, -0.2) is 0 Å². The van der Waals surface area contributed by atoms with E-state index in [1.54, 1.807) is 6.20 Å². The van der Waals surface area contributed by atoms with E-state index in [-0.39, 0.29) is 0 Å². The van der Waals surface area contributed by atoms with Crippen LogP contribution in [0.25, 0.3) is 0 Å². The van der Waals surface area contributed by atoms with Crippen LogP contribution in [-0.4, -0.2) is 16.9 Å². The lowest BCUT2D eigenvalue weighted by molar-refractivity contribution is 0.315. The first-order valence-electron chi connectivity index (χ1n) is 6.02. The summed E-state index contributed by atoms with van der Waals surface area (Å²) >= 11 is 3.44. The minimum absolute atomic E-state index is 0.783. The van der Waals surface area contributed by atoms with E-state index < -0.39 is 0 Å². The average Bonchev–Trinajstić information content (AvgIpc) is 2.41. The summed E-state index contributed by atoms with van der Waals surface area (Å²) in [6.07, 6.45) is 1.76. The van der Waals surface area contributed by atoms with E-state index in [0.717, 1.165) is 28.9 Å². The smallest absolute Gasteiger partial charge is 0.0564 e. The first-order valence-corrected chi connectivity index (χ1v) is 6.81. The molecule has 2 aromatic rings. The van der Waals surface area contributed by atoms with Gasteiger partial charge in [0, 0.05) is 23.8 Å². The van der Waals surface area contributed by atoms with Crippen LogP contribution in [0.15, 0.2) is 47.1 Å². The van der Waals surface area contributed by atoms with Crippen molar-refractivity contribution in [3.8, 4) is 0 Å². The third kappa shape index (κ3) is 4.31. The molecule has 0 atom stereocenters. The maximum absolute atomic E-state index is 5.39. The van der Waals surface area contributed by atoms with Crippen molar-refractivity contribution in [3.05, 3.63) is 58.3 Å². The van der Waals surface area contributed by atoms with Gasteiger partial charge in [-0.05, 0) is 36.9 Å². The zero-order valence-corrected chi connectivity index (χ0v) is 12.4. The lowest BCUT2D eigenvalue weighted by Gasteiger charge is -2.16. The summed E-state index contributed by atoms with van der Waals surface area (Å²) in [4.78, 5) is 6.55. The van der Waals surface area contributed by atoms with Crippen molar-refractivity contribution in [1.29, 1.82) is 0 Å². The van der Waals surface area contributed by atoms with Crippen molar-refractivity contribution in [1.82, 2.24) is 9.88 Å². The molecule has 4 nitrogen and oxygen atoms in total. The molecular weight excluding hydrogens is 304 g/mol. The van der Waals surface area contributed by atoms with Gasteiger partial charge in [0.05, 0.1) is 11.4 Å². The summed E-state index contributed by atoms with van der Waals surface area (Å²) in [5.74, 6) is 5.39. The number of hydrazine groups is 1. The van der Waals surface area contributed by atoms with Gasteiger partial charge >= 0.3 is 0 Å². The molecule has 3 N–H and O–H groups in total. The fraction of sp³-hybridized carbons (Fsp3) is 0.214. The summed E-state index contributed by atoms with van der Waals surface area (Å²) < 4.78 is 1.10. The number of hydrogen-bond donors (Lipinski definition) is 2. The van der Waals surface area contributed by atoms with Gasteiger partial charge < -0.3 is 5.43 Å². The minimum Gasteiger partial charge on any atom is -0.324 e. The number of nitrogen functional groups attached to an aromatic ring is 1. The number of anilines is 1. The molecule has 0 spiro atoms. The van der Waals surface area contributed by atoms with Gasteiger partial charge in [-0.1, -0.05) is 28.1 Å². The highest BCUT2D eigenvalue weighted by Gasteiger charge is 2.03. The Hall–Kier alpha value is -1.43. The van der Waals surface area contributed by atoms with Crippen molar-refractivity contribution >= 4 is 21.6 Å². The molecule has 19 heavy (non-hydrogen) atoms. The predicted molar refractivity (Wildman–Crippen MR) is 81.4 cm³/mol. The highest BCUT2D eigenvalue weighted by molar-refractivity contribution is 9.10. The lowest BCUT2D eigenvalue weighted by atomic mass is 10.2. The summed E-state index contributed by atoms with van der Waals surface area (Å²) in [6.45, 7) is 1.67. The van der Waals surface area contributed by atoms with Crippen molar-refractivity contribution in [3.63, 3.8) is 0 Å². The Kier molecular flexibility index (Phi) is 4.90. The molecule has 0 amide bonds. The van der Waals surface area contributed by atoms with Crippen LogP contribution in [0.4, 0.5) is 5.69 Å². The Balaban J connectivity index is 1.96. The number of pyridine rings is 1. The summed E-state index contributed by atoms with van der Waals surface area (Å²) in [5, 5.41) is 0. The topological polar surface area (TPSA) is 54.2 Å². The van der Waals surface area contributed by atoms with Crippen LogP contribution in [-0.2, 0) is 13.1 Å². The molecule has 0 aliphatic heterocycles. The molecule has 0 aliphatic rings. The highest BCUT2D eigenvalue weighted by Crippen LogP contribution is 2.13. The molecule has 0 fully saturated rings. The number of halogens is 1. The summed E-state index contributed by atoms with van der Waals surface area (Å²) in [6, 6.07) is 12.1. The first-order chi connectivity index (χ1) is 9.17. The maximum atomic E-state index is 5.39. The zero-order chi connectivity index (χ0) is 13.7. The van der Waals surface area contributed by atoms with Gasteiger partial charge in [-0.3, -0.25) is 15.7 Å². The number of nitrogens with zero attached hydrogens (tertiary/aromatic N) is 2. The third-order valence-corrected chi connectivity index (χ3v) is 3.31. The summed E-state index contributed by atoms with van der Waals surface area (Å²) in [5.41, 5.74) is 5.78. The van der Waals surface area contributed by atoms with E-state index in [0.29, 0.717) is 0 Å². The van der Waals surface area contributed by atoms with Crippen LogP contribution < -0.4 is 11.3 Å².